The molecule has 0 radical (unpaired) electrons. The van der Waals surface area contributed by atoms with Crippen molar-refractivity contribution in [3.05, 3.63) is 137 Å². The number of hydrogen-bond donors (Lipinski definition) is 1. The highest BCUT2D eigenvalue weighted by Crippen LogP contribution is 2.42. The number of rotatable bonds is 11. The van der Waals surface area contributed by atoms with E-state index in [9.17, 15) is 0 Å². The van der Waals surface area contributed by atoms with Gasteiger partial charge in [-0.15, -0.1) is 0 Å². The van der Waals surface area contributed by atoms with Gasteiger partial charge in [0.15, 0.2) is 0 Å². The molecule has 1 atom stereocenters. The molecule has 1 N–H and O–H groups in total. The van der Waals surface area contributed by atoms with Gasteiger partial charge in [-0.1, -0.05) is 110 Å². The fraction of sp³-hybridized carbons (Fsp3) is 0.235. The summed E-state index contributed by atoms with van der Waals surface area (Å²) in [5.41, 5.74) is 9.28. The Morgan fingerprint density at radius 2 is 1.39 bits per heavy atom. The zero-order chi connectivity index (χ0) is 25.2. The summed E-state index contributed by atoms with van der Waals surface area (Å²) in [4.78, 5) is 0. The third-order valence-electron chi connectivity index (χ3n) is 6.70. The third kappa shape index (κ3) is 6.53. The largest absolute Gasteiger partial charge is 0.492 e. The maximum atomic E-state index is 5.93. The Hall–Kier alpha value is -3.62. The van der Waals surface area contributed by atoms with Crippen LogP contribution in [0.3, 0.4) is 0 Å². The van der Waals surface area contributed by atoms with Crippen molar-refractivity contribution in [1.82, 2.24) is 5.32 Å². The van der Waals surface area contributed by atoms with Crippen molar-refractivity contribution in [2.24, 2.45) is 0 Å². The second-order valence-electron chi connectivity index (χ2n) is 9.24. The van der Waals surface area contributed by atoms with Gasteiger partial charge in [0.1, 0.15) is 12.4 Å². The van der Waals surface area contributed by atoms with E-state index in [2.05, 4.69) is 128 Å². The first-order chi connectivity index (χ1) is 17.7. The van der Waals surface area contributed by atoms with Crippen LogP contribution in [-0.4, -0.2) is 20.2 Å². The quantitative estimate of drug-likeness (QED) is 0.176. The number of benzene rings is 4. The lowest BCUT2D eigenvalue weighted by Crippen LogP contribution is -2.15. The van der Waals surface area contributed by atoms with Crippen molar-refractivity contribution in [2.75, 3.05) is 20.2 Å². The summed E-state index contributed by atoms with van der Waals surface area (Å²) >= 11 is 0. The van der Waals surface area contributed by atoms with Crippen LogP contribution in [0.4, 0.5) is 0 Å². The Labute approximate surface area is 216 Å². The second kappa shape index (κ2) is 12.9. The zero-order valence-electron chi connectivity index (χ0n) is 21.7. The van der Waals surface area contributed by atoms with Crippen molar-refractivity contribution in [3.63, 3.8) is 0 Å². The highest BCUT2D eigenvalue weighted by Gasteiger charge is 2.23. The van der Waals surface area contributed by atoms with Crippen LogP contribution in [0.25, 0.3) is 11.1 Å². The minimum absolute atomic E-state index is 0.221. The Bertz CT molecular complexity index is 1230. The van der Waals surface area contributed by atoms with Crippen LogP contribution in [0.15, 0.2) is 109 Å². The van der Waals surface area contributed by atoms with Crippen LogP contribution in [0.1, 0.15) is 47.1 Å². The predicted octanol–water partition coefficient (Wildman–Crippen LogP) is 7.94. The molecule has 4 aromatic rings. The number of allylic oxidation sites excluding steroid dienone is 2. The molecule has 0 saturated heterocycles. The van der Waals surface area contributed by atoms with Gasteiger partial charge in [-0.05, 0) is 72.3 Å². The molecule has 0 aliphatic rings. The van der Waals surface area contributed by atoms with E-state index in [1.54, 1.807) is 0 Å². The molecular formula is C34H37NO. The second-order valence-corrected chi connectivity index (χ2v) is 9.24. The van der Waals surface area contributed by atoms with Crippen molar-refractivity contribution in [3.8, 4) is 5.75 Å². The van der Waals surface area contributed by atoms with Crippen LogP contribution in [-0.2, 0) is 6.42 Å². The van der Waals surface area contributed by atoms with Gasteiger partial charge in [-0.2, -0.15) is 0 Å². The molecule has 2 heteroatoms. The van der Waals surface area contributed by atoms with Crippen molar-refractivity contribution in [1.29, 1.82) is 0 Å². The molecule has 184 valence electrons. The minimum atomic E-state index is 0.221. The first-order valence-corrected chi connectivity index (χ1v) is 13.0. The summed E-state index contributed by atoms with van der Waals surface area (Å²) in [7, 11) is 1.94. The van der Waals surface area contributed by atoms with Crippen LogP contribution >= 0.6 is 0 Å². The van der Waals surface area contributed by atoms with Crippen LogP contribution < -0.4 is 10.1 Å². The molecule has 4 rings (SSSR count). The number of hydrogen-bond acceptors (Lipinski definition) is 2. The van der Waals surface area contributed by atoms with Crippen molar-refractivity contribution < 1.29 is 4.74 Å². The van der Waals surface area contributed by atoms with Gasteiger partial charge in [-0.25, -0.2) is 0 Å². The van der Waals surface area contributed by atoms with E-state index in [1.807, 2.05) is 7.05 Å². The SMILES string of the molecule is CCC(=C(c1ccc(OCCNC)cc1)C(Cc1ccccc1)c1ccc(C)cc1)c1ccccc1. The molecule has 0 aliphatic carbocycles. The monoisotopic (exact) mass is 475 g/mol. The molecule has 0 aromatic heterocycles. The average Bonchev–Trinajstić information content (AvgIpc) is 2.93. The normalized spacial score (nSPS) is 12.6. The number of nitrogens with one attached hydrogen (secondary N) is 1. The number of ether oxygens (including phenoxy) is 1. The fourth-order valence-electron chi connectivity index (χ4n) is 4.81. The summed E-state index contributed by atoms with van der Waals surface area (Å²) in [6.07, 6.45) is 1.90. The van der Waals surface area contributed by atoms with Gasteiger partial charge < -0.3 is 10.1 Å². The highest BCUT2D eigenvalue weighted by molar-refractivity contribution is 5.94. The number of aryl methyl sites for hydroxylation is 1. The summed E-state index contributed by atoms with van der Waals surface area (Å²) < 4.78 is 5.93. The Kier molecular flexibility index (Phi) is 9.13. The minimum Gasteiger partial charge on any atom is -0.492 e. The standard InChI is InChI=1S/C34H37NO/c1-4-32(28-13-9-6-10-14-28)34(30-19-21-31(22-20-30)36-24-23-35-3)33(25-27-11-7-5-8-12-27)29-17-15-26(2)16-18-29/h5-22,33,35H,4,23-25H2,1-3H3. The Morgan fingerprint density at radius 1 is 0.750 bits per heavy atom. The molecule has 0 amide bonds. The smallest absolute Gasteiger partial charge is 0.119 e. The molecule has 0 spiro atoms. The molecule has 4 aromatic carbocycles. The van der Waals surface area contributed by atoms with E-state index in [1.165, 1.54) is 39.0 Å². The topological polar surface area (TPSA) is 21.3 Å². The molecule has 0 bridgehead atoms. The first kappa shape index (κ1) is 25.5. The molecular weight excluding hydrogens is 438 g/mol. The fourth-order valence-corrected chi connectivity index (χ4v) is 4.81. The molecule has 0 aliphatic heterocycles. The average molecular weight is 476 g/mol. The molecule has 36 heavy (non-hydrogen) atoms. The van der Waals surface area contributed by atoms with E-state index >= 15 is 0 Å². The summed E-state index contributed by atoms with van der Waals surface area (Å²) in [6, 6.07) is 39.5. The molecule has 1 unspecified atom stereocenters. The molecule has 0 heterocycles. The third-order valence-corrected chi connectivity index (χ3v) is 6.70. The van der Waals surface area contributed by atoms with Gasteiger partial charge in [0, 0.05) is 12.5 Å². The highest BCUT2D eigenvalue weighted by atomic mass is 16.5. The Balaban J connectivity index is 1.87. The Morgan fingerprint density at radius 3 is 2.00 bits per heavy atom. The molecule has 0 saturated carbocycles. The van der Waals surface area contributed by atoms with Crippen LogP contribution in [0, 0.1) is 6.92 Å². The summed E-state index contributed by atoms with van der Waals surface area (Å²) in [5.74, 6) is 1.13. The van der Waals surface area contributed by atoms with E-state index in [4.69, 9.17) is 4.74 Å². The lowest BCUT2D eigenvalue weighted by atomic mass is 9.78. The lowest BCUT2D eigenvalue weighted by molar-refractivity contribution is 0.318. The van der Waals surface area contributed by atoms with E-state index in [0.717, 1.165) is 25.1 Å². The van der Waals surface area contributed by atoms with Crippen molar-refractivity contribution >= 4 is 11.1 Å². The van der Waals surface area contributed by atoms with E-state index in [0.29, 0.717) is 6.61 Å². The van der Waals surface area contributed by atoms with Crippen LogP contribution in [0.2, 0.25) is 0 Å². The number of likely N-dealkylation sites (N-methyl/N-ethyl adjacent to an activating group) is 1. The summed E-state index contributed by atoms with van der Waals surface area (Å²) in [5, 5.41) is 3.14. The van der Waals surface area contributed by atoms with Gasteiger partial charge in [0.2, 0.25) is 0 Å². The predicted molar refractivity (Wildman–Crippen MR) is 153 cm³/mol. The van der Waals surface area contributed by atoms with Crippen molar-refractivity contribution in [2.45, 2.75) is 32.6 Å². The first-order valence-electron chi connectivity index (χ1n) is 13.0. The maximum absolute atomic E-state index is 5.93. The molecule has 2 nitrogen and oxygen atoms in total. The van der Waals surface area contributed by atoms with Gasteiger partial charge in [-0.3, -0.25) is 0 Å². The van der Waals surface area contributed by atoms with E-state index in [-0.39, 0.29) is 5.92 Å². The maximum Gasteiger partial charge on any atom is 0.119 e. The van der Waals surface area contributed by atoms with Gasteiger partial charge >= 0.3 is 0 Å². The van der Waals surface area contributed by atoms with Gasteiger partial charge in [0.05, 0.1) is 0 Å². The van der Waals surface area contributed by atoms with Gasteiger partial charge in [0.25, 0.3) is 0 Å². The molecule has 0 fully saturated rings. The summed E-state index contributed by atoms with van der Waals surface area (Å²) in [6.45, 7) is 5.91. The zero-order valence-corrected chi connectivity index (χ0v) is 21.7. The van der Waals surface area contributed by atoms with Crippen LogP contribution in [0.5, 0.6) is 5.75 Å². The lowest BCUT2D eigenvalue weighted by Gasteiger charge is -2.26. The van der Waals surface area contributed by atoms with E-state index < -0.39 is 0 Å².